The maximum absolute atomic E-state index is 11.0. The first-order valence-corrected chi connectivity index (χ1v) is 5.51. The van der Waals surface area contributed by atoms with Crippen molar-refractivity contribution >= 4 is 11.4 Å². The Labute approximate surface area is 106 Å². The van der Waals surface area contributed by atoms with Gasteiger partial charge in [-0.3, -0.25) is 10.1 Å². The maximum atomic E-state index is 11.0. The normalized spacial score (nSPS) is 11.1. The number of nitro groups is 1. The van der Waals surface area contributed by atoms with Crippen LogP contribution in [-0.4, -0.2) is 11.0 Å². The quantitative estimate of drug-likeness (QED) is 0.490. The second kappa shape index (κ2) is 6.27. The lowest BCUT2D eigenvalue weighted by atomic mass is 10.1. The van der Waals surface area contributed by atoms with E-state index in [1.165, 1.54) is 6.07 Å². The van der Waals surface area contributed by atoms with Crippen molar-refractivity contribution in [1.82, 2.24) is 0 Å². The van der Waals surface area contributed by atoms with E-state index in [2.05, 4.69) is 11.2 Å². The van der Waals surface area contributed by atoms with Crippen LogP contribution in [0.5, 0.6) is 0 Å². The fourth-order valence-corrected chi connectivity index (χ4v) is 1.61. The van der Waals surface area contributed by atoms with Crippen LogP contribution in [0.4, 0.5) is 11.4 Å². The van der Waals surface area contributed by atoms with Gasteiger partial charge in [0.1, 0.15) is 17.3 Å². The van der Waals surface area contributed by atoms with E-state index >= 15 is 0 Å². The van der Waals surface area contributed by atoms with E-state index in [1.54, 1.807) is 12.1 Å². The van der Waals surface area contributed by atoms with Crippen molar-refractivity contribution in [2.45, 2.75) is 25.8 Å². The maximum Gasteiger partial charge on any atom is 0.309 e. The minimum Gasteiger partial charge on any atom is -0.376 e. The van der Waals surface area contributed by atoms with E-state index in [4.69, 9.17) is 11.7 Å². The molecule has 5 nitrogen and oxygen atoms in total. The molecule has 18 heavy (non-hydrogen) atoms. The number of anilines is 1. The molecule has 0 saturated heterocycles. The number of nitro benzene ring substituents is 1. The topological polar surface area (TPSA) is 79.0 Å². The SMILES string of the molecule is C#CCC(CC)Nc1cccc(C#N)c1[N+](=O)[O-]. The molecule has 0 fully saturated rings. The van der Waals surface area contributed by atoms with E-state index in [-0.39, 0.29) is 17.3 Å². The number of para-hydroxylation sites is 1. The van der Waals surface area contributed by atoms with Crippen LogP contribution in [0.2, 0.25) is 0 Å². The molecule has 5 heteroatoms. The van der Waals surface area contributed by atoms with Crippen LogP contribution < -0.4 is 5.32 Å². The van der Waals surface area contributed by atoms with Crippen LogP contribution in [0.25, 0.3) is 0 Å². The van der Waals surface area contributed by atoms with E-state index < -0.39 is 4.92 Å². The zero-order chi connectivity index (χ0) is 13.5. The molecular formula is C13H13N3O2. The average molecular weight is 243 g/mol. The Morgan fingerprint density at radius 2 is 2.33 bits per heavy atom. The van der Waals surface area contributed by atoms with Crippen LogP contribution in [0, 0.1) is 33.8 Å². The van der Waals surface area contributed by atoms with Gasteiger partial charge in [0.05, 0.1) is 4.92 Å². The predicted molar refractivity (Wildman–Crippen MR) is 69.0 cm³/mol. The summed E-state index contributed by atoms with van der Waals surface area (Å²) in [4.78, 5) is 10.5. The molecule has 1 unspecified atom stereocenters. The molecule has 0 bridgehead atoms. The van der Waals surface area contributed by atoms with E-state index in [1.807, 2.05) is 13.0 Å². The Morgan fingerprint density at radius 3 is 2.83 bits per heavy atom. The molecule has 0 amide bonds. The highest BCUT2D eigenvalue weighted by Crippen LogP contribution is 2.29. The van der Waals surface area contributed by atoms with Gasteiger partial charge in [-0.25, -0.2) is 0 Å². The van der Waals surface area contributed by atoms with Crippen molar-refractivity contribution in [2.24, 2.45) is 0 Å². The zero-order valence-electron chi connectivity index (χ0n) is 10.0. The number of nitrogens with one attached hydrogen (secondary N) is 1. The number of nitriles is 1. The minimum atomic E-state index is -0.552. The number of hydrogen-bond acceptors (Lipinski definition) is 4. The molecule has 0 aliphatic rings. The van der Waals surface area contributed by atoms with Gasteiger partial charge < -0.3 is 5.32 Å². The van der Waals surface area contributed by atoms with Crippen molar-refractivity contribution in [3.05, 3.63) is 33.9 Å². The standard InChI is InChI=1S/C13H13N3O2/c1-3-6-11(4-2)15-12-8-5-7-10(9-14)13(12)16(17)18/h1,5,7-8,11,15H,4,6H2,2H3. The second-order valence-electron chi connectivity index (χ2n) is 3.73. The van der Waals surface area contributed by atoms with E-state index in [0.29, 0.717) is 12.1 Å². The molecule has 1 aromatic rings. The molecule has 0 radical (unpaired) electrons. The fourth-order valence-electron chi connectivity index (χ4n) is 1.61. The summed E-state index contributed by atoms with van der Waals surface area (Å²) in [6, 6.07) is 6.39. The molecule has 0 heterocycles. The van der Waals surface area contributed by atoms with Gasteiger partial charge in [0.25, 0.3) is 0 Å². The molecule has 0 spiro atoms. The van der Waals surface area contributed by atoms with Gasteiger partial charge in [-0.2, -0.15) is 5.26 Å². The van der Waals surface area contributed by atoms with Crippen molar-refractivity contribution < 1.29 is 4.92 Å². The number of terminal acetylenes is 1. The number of nitrogens with zero attached hydrogens (tertiary/aromatic N) is 2. The lowest BCUT2D eigenvalue weighted by Gasteiger charge is -2.15. The number of hydrogen-bond donors (Lipinski definition) is 1. The molecule has 0 aliphatic carbocycles. The third kappa shape index (κ3) is 2.99. The third-order valence-electron chi connectivity index (χ3n) is 2.56. The summed E-state index contributed by atoms with van der Waals surface area (Å²) in [5.74, 6) is 2.52. The highest BCUT2D eigenvalue weighted by atomic mass is 16.6. The van der Waals surface area contributed by atoms with Gasteiger partial charge in [-0.05, 0) is 18.6 Å². The van der Waals surface area contributed by atoms with E-state index in [0.717, 1.165) is 6.42 Å². The van der Waals surface area contributed by atoms with Crippen LogP contribution in [0.15, 0.2) is 18.2 Å². The lowest BCUT2D eigenvalue weighted by Crippen LogP contribution is -2.18. The molecule has 0 aromatic heterocycles. The van der Waals surface area contributed by atoms with Gasteiger partial charge >= 0.3 is 5.69 Å². The van der Waals surface area contributed by atoms with Crippen LogP contribution in [0.3, 0.4) is 0 Å². The van der Waals surface area contributed by atoms with Gasteiger partial charge in [-0.15, -0.1) is 12.3 Å². The highest BCUT2D eigenvalue weighted by molar-refractivity contribution is 5.68. The summed E-state index contributed by atoms with van der Waals surface area (Å²) in [7, 11) is 0. The van der Waals surface area contributed by atoms with Gasteiger partial charge in [0.15, 0.2) is 0 Å². The Kier molecular flexibility index (Phi) is 4.71. The Morgan fingerprint density at radius 1 is 1.61 bits per heavy atom. The molecule has 0 saturated carbocycles. The van der Waals surface area contributed by atoms with Gasteiger partial charge in [0.2, 0.25) is 0 Å². The summed E-state index contributed by atoms with van der Waals surface area (Å²) in [5.41, 5.74) is 0.178. The fraction of sp³-hybridized carbons (Fsp3) is 0.308. The first-order valence-electron chi connectivity index (χ1n) is 5.51. The molecule has 92 valence electrons. The molecule has 1 N–H and O–H groups in total. The zero-order valence-corrected chi connectivity index (χ0v) is 10.0. The third-order valence-corrected chi connectivity index (χ3v) is 2.56. The number of rotatable bonds is 5. The Bertz CT molecular complexity index is 526. The van der Waals surface area contributed by atoms with Crippen molar-refractivity contribution in [3.63, 3.8) is 0 Å². The summed E-state index contributed by atoms with van der Waals surface area (Å²) >= 11 is 0. The summed E-state index contributed by atoms with van der Waals surface area (Å²) in [5, 5.41) is 22.9. The first kappa shape index (κ1) is 13.5. The monoisotopic (exact) mass is 243 g/mol. The van der Waals surface area contributed by atoms with Crippen LogP contribution in [0.1, 0.15) is 25.3 Å². The number of benzene rings is 1. The Hall–Kier alpha value is -2.53. The predicted octanol–water partition coefficient (Wildman–Crippen LogP) is 2.68. The molecule has 1 rings (SSSR count). The van der Waals surface area contributed by atoms with Crippen molar-refractivity contribution in [1.29, 1.82) is 5.26 Å². The Balaban J connectivity index is 3.13. The van der Waals surface area contributed by atoms with Gasteiger partial charge in [-0.1, -0.05) is 13.0 Å². The highest BCUT2D eigenvalue weighted by Gasteiger charge is 2.20. The summed E-state index contributed by atoms with van der Waals surface area (Å²) < 4.78 is 0. The molecule has 0 aliphatic heterocycles. The second-order valence-corrected chi connectivity index (χ2v) is 3.73. The lowest BCUT2D eigenvalue weighted by molar-refractivity contribution is -0.384. The first-order chi connectivity index (χ1) is 8.63. The van der Waals surface area contributed by atoms with Crippen LogP contribution in [-0.2, 0) is 0 Å². The average Bonchev–Trinajstić information content (AvgIpc) is 2.37. The molecule has 1 aromatic carbocycles. The van der Waals surface area contributed by atoms with Crippen LogP contribution >= 0.6 is 0 Å². The van der Waals surface area contributed by atoms with Gasteiger partial charge in [0, 0.05) is 12.5 Å². The largest absolute Gasteiger partial charge is 0.376 e. The van der Waals surface area contributed by atoms with E-state index in [9.17, 15) is 10.1 Å². The van der Waals surface area contributed by atoms with Crippen molar-refractivity contribution in [2.75, 3.05) is 5.32 Å². The molecule has 1 atom stereocenters. The summed E-state index contributed by atoms with van der Waals surface area (Å²) in [6.07, 6.45) is 6.46. The molecular weight excluding hydrogens is 230 g/mol. The summed E-state index contributed by atoms with van der Waals surface area (Å²) in [6.45, 7) is 1.94. The smallest absolute Gasteiger partial charge is 0.309 e. The minimum absolute atomic E-state index is 0.0392. The van der Waals surface area contributed by atoms with Crippen molar-refractivity contribution in [3.8, 4) is 18.4 Å².